The molecule has 1 nitrogen and oxygen atoms in total. The van der Waals surface area contributed by atoms with Gasteiger partial charge in [-0.2, -0.15) is 0 Å². The third kappa shape index (κ3) is 1.71. The van der Waals surface area contributed by atoms with Crippen molar-refractivity contribution in [3.63, 3.8) is 0 Å². The van der Waals surface area contributed by atoms with Crippen molar-refractivity contribution in [1.82, 2.24) is 0 Å². The van der Waals surface area contributed by atoms with Crippen molar-refractivity contribution in [3.8, 4) is 0 Å². The monoisotopic (exact) mass is 195 g/mol. The summed E-state index contributed by atoms with van der Waals surface area (Å²) in [4.78, 5) is 0. The highest BCUT2D eigenvalue weighted by molar-refractivity contribution is 5.11. The molecule has 1 heteroatoms. The van der Waals surface area contributed by atoms with Crippen LogP contribution in [0, 0.1) is 17.3 Å². The molecule has 2 saturated carbocycles. The maximum absolute atomic E-state index is 6.46. The summed E-state index contributed by atoms with van der Waals surface area (Å²) < 4.78 is 0. The van der Waals surface area contributed by atoms with E-state index in [1.807, 2.05) is 0 Å². The molecule has 2 N–H and O–H groups in total. The average Bonchev–Trinajstić information content (AvgIpc) is 2.78. The molecular weight excluding hydrogens is 170 g/mol. The minimum absolute atomic E-state index is 0.255. The highest BCUT2D eigenvalue weighted by Crippen LogP contribution is 2.54. The maximum atomic E-state index is 6.46. The van der Waals surface area contributed by atoms with E-state index in [9.17, 15) is 0 Å². The van der Waals surface area contributed by atoms with Crippen molar-refractivity contribution < 1.29 is 0 Å². The van der Waals surface area contributed by atoms with Crippen molar-refractivity contribution >= 4 is 0 Å². The molecule has 0 aromatic rings. The van der Waals surface area contributed by atoms with Crippen LogP contribution in [0.5, 0.6) is 0 Å². The van der Waals surface area contributed by atoms with Crippen molar-refractivity contribution in [1.29, 1.82) is 0 Å². The molecule has 0 aromatic carbocycles. The highest BCUT2D eigenvalue weighted by atomic mass is 14.9. The molecule has 0 bridgehead atoms. The van der Waals surface area contributed by atoms with Gasteiger partial charge in [0.25, 0.3) is 0 Å². The Morgan fingerprint density at radius 2 is 1.79 bits per heavy atom. The van der Waals surface area contributed by atoms with Crippen LogP contribution in [0.3, 0.4) is 0 Å². The standard InChI is InChI=1S/C13H25N/c1-4-10-9-13(10,14)11-5-7-12(2,3)8-6-11/h10-11H,4-9,14H2,1-3H3. The van der Waals surface area contributed by atoms with Gasteiger partial charge in [0.05, 0.1) is 0 Å². The minimum Gasteiger partial charge on any atom is -0.325 e. The molecule has 2 unspecified atom stereocenters. The first-order valence-corrected chi connectivity index (χ1v) is 6.27. The van der Waals surface area contributed by atoms with Crippen molar-refractivity contribution in [2.45, 2.75) is 64.8 Å². The molecular formula is C13H25N. The molecule has 0 aromatic heterocycles. The molecule has 82 valence electrons. The van der Waals surface area contributed by atoms with E-state index in [0.717, 1.165) is 11.8 Å². The second kappa shape index (κ2) is 3.23. The molecule has 2 aliphatic carbocycles. The predicted octanol–water partition coefficient (Wildman–Crippen LogP) is 3.33. The fourth-order valence-electron chi connectivity index (χ4n) is 3.33. The van der Waals surface area contributed by atoms with Crippen LogP contribution in [0.1, 0.15) is 59.3 Å². The van der Waals surface area contributed by atoms with Gasteiger partial charge in [0.2, 0.25) is 0 Å². The van der Waals surface area contributed by atoms with Gasteiger partial charge in [-0.05, 0) is 49.4 Å². The van der Waals surface area contributed by atoms with Gasteiger partial charge in [-0.3, -0.25) is 0 Å². The summed E-state index contributed by atoms with van der Waals surface area (Å²) in [6.07, 6.45) is 8.10. The molecule has 2 fully saturated rings. The zero-order chi connectivity index (χ0) is 10.4. The van der Waals surface area contributed by atoms with E-state index in [4.69, 9.17) is 5.73 Å². The van der Waals surface area contributed by atoms with Gasteiger partial charge in [0.1, 0.15) is 0 Å². The lowest BCUT2D eigenvalue weighted by Crippen LogP contribution is -2.38. The third-order valence-electron chi connectivity index (χ3n) is 4.79. The third-order valence-corrected chi connectivity index (χ3v) is 4.79. The van der Waals surface area contributed by atoms with Crippen LogP contribution < -0.4 is 5.73 Å². The van der Waals surface area contributed by atoms with Crippen molar-refractivity contribution in [2.24, 2.45) is 23.0 Å². The van der Waals surface area contributed by atoms with Crippen LogP contribution in [-0.4, -0.2) is 5.54 Å². The molecule has 2 aliphatic rings. The van der Waals surface area contributed by atoms with E-state index < -0.39 is 0 Å². The highest BCUT2D eigenvalue weighted by Gasteiger charge is 2.55. The SMILES string of the molecule is CCC1CC1(N)C1CCC(C)(C)CC1. The zero-order valence-corrected chi connectivity index (χ0v) is 9.97. The van der Waals surface area contributed by atoms with Crippen LogP contribution in [0.25, 0.3) is 0 Å². The van der Waals surface area contributed by atoms with Crippen LogP contribution in [0.2, 0.25) is 0 Å². The Balaban J connectivity index is 1.91. The summed E-state index contributed by atoms with van der Waals surface area (Å²) in [6, 6.07) is 0. The van der Waals surface area contributed by atoms with E-state index in [2.05, 4.69) is 20.8 Å². The minimum atomic E-state index is 0.255. The topological polar surface area (TPSA) is 26.0 Å². The normalized spacial score (nSPS) is 42.4. The Bertz CT molecular complexity index is 211. The van der Waals surface area contributed by atoms with Gasteiger partial charge in [0, 0.05) is 5.54 Å². The van der Waals surface area contributed by atoms with E-state index >= 15 is 0 Å². The second-order valence-corrected chi connectivity index (χ2v) is 6.36. The predicted molar refractivity (Wildman–Crippen MR) is 61.1 cm³/mol. The van der Waals surface area contributed by atoms with Gasteiger partial charge < -0.3 is 5.73 Å². The van der Waals surface area contributed by atoms with E-state index in [-0.39, 0.29) is 5.54 Å². The Morgan fingerprint density at radius 3 is 2.21 bits per heavy atom. The summed E-state index contributed by atoms with van der Waals surface area (Å²) in [5.74, 6) is 1.68. The summed E-state index contributed by atoms with van der Waals surface area (Å²) in [5.41, 5.74) is 7.31. The second-order valence-electron chi connectivity index (χ2n) is 6.36. The zero-order valence-electron chi connectivity index (χ0n) is 9.97. The fraction of sp³-hybridized carbons (Fsp3) is 1.00. The first kappa shape index (κ1) is 10.5. The number of hydrogen-bond donors (Lipinski definition) is 1. The van der Waals surface area contributed by atoms with Crippen molar-refractivity contribution in [3.05, 3.63) is 0 Å². The van der Waals surface area contributed by atoms with Gasteiger partial charge in [-0.1, -0.05) is 27.2 Å². The Morgan fingerprint density at radius 1 is 1.21 bits per heavy atom. The molecule has 14 heavy (non-hydrogen) atoms. The Hall–Kier alpha value is -0.0400. The van der Waals surface area contributed by atoms with Gasteiger partial charge in [-0.25, -0.2) is 0 Å². The first-order valence-electron chi connectivity index (χ1n) is 6.27. The molecule has 0 amide bonds. The van der Waals surface area contributed by atoms with Crippen LogP contribution in [0.4, 0.5) is 0 Å². The molecule has 2 atom stereocenters. The summed E-state index contributed by atoms with van der Waals surface area (Å²) in [6.45, 7) is 7.08. The quantitative estimate of drug-likeness (QED) is 0.718. The average molecular weight is 195 g/mol. The molecule has 0 saturated heterocycles. The maximum Gasteiger partial charge on any atom is 0.0215 e. The smallest absolute Gasteiger partial charge is 0.0215 e. The molecule has 0 spiro atoms. The van der Waals surface area contributed by atoms with Gasteiger partial charge in [0.15, 0.2) is 0 Å². The van der Waals surface area contributed by atoms with Crippen LogP contribution >= 0.6 is 0 Å². The molecule has 2 rings (SSSR count). The number of rotatable bonds is 2. The summed E-state index contributed by atoms with van der Waals surface area (Å²) in [7, 11) is 0. The van der Waals surface area contributed by atoms with E-state index in [0.29, 0.717) is 5.41 Å². The lowest BCUT2D eigenvalue weighted by molar-refractivity contribution is 0.161. The summed E-state index contributed by atoms with van der Waals surface area (Å²) in [5, 5.41) is 0. The fourth-order valence-corrected chi connectivity index (χ4v) is 3.33. The van der Waals surface area contributed by atoms with Crippen LogP contribution in [0.15, 0.2) is 0 Å². The lowest BCUT2D eigenvalue weighted by Gasteiger charge is -2.37. The number of nitrogens with two attached hydrogens (primary N) is 1. The van der Waals surface area contributed by atoms with Gasteiger partial charge >= 0.3 is 0 Å². The Labute approximate surface area is 88.4 Å². The van der Waals surface area contributed by atoms with Crippen LogP contribution in [-0.2, 0) is 0 Å². The van der Waals surface area contributed by atoms with E-state index in [1.165, 1.54) is 38.5 Å². The van der Waals surface area contributed by atoms with Crippen molar-refractivity contribution in [2.75, 3.05) is 0 Å². The van der Waals surface area contributed by atoms with E-state index in [1.54, 1.807) is 0 Å². The van der Waals surface area contributed by atoms with Gasteiger partial charge in [-0.15, -0.1) is 0 Å². The largest absolute Gasteiger partial charge is 0.325 e. The molecule has 0 aliphatic heterocycles. The number of hydrogen-bond acceptors (Lipinski definition) is 1. The summed E-state index contributed by atoms with van der Waals surface area (Å²) >= 11 is 0. The lowest BCUT2D eigenvalue weighted by atomic mass is 9.70. The molecule has 0 radical (unpaired) electrons. The molecule has 0 heterocycles. The Kier molecular flexibility index (Phi) is 2.42. The first-order chi connectivity index (χ1) is 6.48.